The van der Waals surface area contributed by atoms with E-state index >= 15 is 0 Å². The third-order valence-corrected chi connectivity index (χ3v) is 4.98. The summed E-state index contributed by atoms with van der Waals surface area (Å²) in [5, 5.41) is 4.66. The molecule has 0 amide bonds. The van der Waals surface area contributed by atoms with Crippen LogP contribution in [-0.4, -0.2) is 15.5 Å². The molecule has 2 aromatic rings. The molecule has 3 nitrogen and oxygen atoms in total. The van der Waals surface area contributed by atoms with E-state index in [0.717, 1.165) is 21.6 Å². The fourth-order valence-corrected chi connectivity index (χ4v) is 3.60. The van der Waals surface area contributed by atoms with Crippen molar-refractivity contribution in [2.75, 3.05) is 0 Å². The van der Waals surface area contributed by atoms with Crippen molar-refractivity contribution in [1.82, 2.24) is 15.3 Å². The van der Waals surface area contributed by atoms with Gasteiger partial charge in [-0.1, -0.05) is 0 Å². The van der Waals surface area contributed by atoms with Crippen molar-refractivity contribution in [2.24, 2.45) is 0 Å². The first-order valence-corrected chi connectivity index (χ1v) is 8.89. The Morgan fingerprint density at radius 2 is 2.10 bits per heavy atom. The van der Waals surface area contributed by atoms with E-state index in [1.54, 1.807) is 17.5 Å². The first kappa shape index (κ1) is 15.1. The van der Waals surface area contributed by atoms with Crippen molar-refractivity contribution in [2.45, 2.75) is 51.6 Å². The third kappa shape index (κ3) is 3.90. The molecule has 5 heteroatoms. The number of rotatable bonds is 4. The molecule has 0 aliphatic heterocycles. The Hall–Kier alpha value is -0.780. The SMILES string of the molecule is CC(C)(C)NCc1sc(-c2cncc(Br)c2)nc1C1CC1. The number of hydrogen-bond acceptors (Lipinski definition) is 4. The van der Waals surface area contributed by atoms with E-state index in [0.29, 0.717) is 5.92 Å². The number of aromatic nitrogens is 2. The zero-order valence-electron chi connectivity index (χ0n) is 12.6. The van der Waals surface area contributed by atoms with Crippen LogP contribution in [0.5, 0.6) is 0 Å². The van der Waals surface area contributed by atoms with Crippen LogP contribution in [0.3, 0.4) is 0 Å². The van der Waals surface area contributed by atoms with Crippen molar-refractivity contribution in [3.63, 3.8) is 0 Å². The molecule has 0 aromatic carbocycles. The average molecular weight is 366 g/mol. The maximum absolute atomic E-state index is 4.90. The molecule has 21 heavy (non-hydrogen) atoms. The summed E-state index contributed by atoms with van der Waals surface area (Å²) in [7, 11) is 0. The molecular formula is C16H20BrN3S. The minimum absolute atomic E-state index is 0.127. The number of thiazole rings is 1. The van der Waals surface area contributed by atoms with E-state index in [1.165, 1.54) is 23.4 Å². The number of hydrogen-bond donors (Lipinski definition) is 1. The molecule has 0 atom stereocenters. The molecule has 1 aliphatic carbocycles. The maximum Gasteiger partial charge on any atom is 0.125 e. The van der Waals surface area contributed by atoms with Crippen molar-refractivity contribution in [1.29, 1.82) is 0 Å². The van der Waals surface area contributed by atoms with E-state index in [2.05, 4.69) is 53.1 Å². The molecule has 1 N–H and O–H groups in total. The smallest absolute Gasteiger partial charge is 0.125 e. The van der Waals surface area contributed by atoms with Crippen molar-refractivity contribution >= 4 is 27.3 Å². The number of nitrogens with one attached hydrogen (secondary N) is 1. The van der Waals surface area contributed by atoms with Gasteiger partial charge < -0.3 is 5.32 Å². The summed E-state index contributed by atoms with van der Waals surface area (Å²) in [6.45, 7) is 7.49. The minimum Gasteiger partial charge on any atom is -0.307 e. The summed E-state index contributed by atoms with van der Waals surface area (Å²) < 4.78 is 0.998. The van der Waals surface area contributed by atoms with Crippen LogP contribution in [0.25, 0.3) is 10.6 Å². The molecule has 1 saturated carbocycles. The molecule has 0 bridgehead atoms. The molecule has 0 unspecified atom stereocenters. The monoisotopic (exact) mass is 365 g/mol. The molecule has 3 rings (SSSR count). The molecule has 1 aliphatic rings. The predicted octanol–water partition coefficient (Wildman–Crippen LogP) is 4.73. The molecule has 2 heterocycles. The Kier molecular flexibility index (Phi) is 4.17. The second-order valence-corrected chi connectivity index (χ2v) is 8.60. The van der Waals surface area contributed by atoms with Gasteiger partial charge in [0.2, 0.25) is 0 Å². The summed E-state index contributed by atoms with van der Waals surface area (Å²) in [5.74, 6) is 0.673. The summed E-state index contributed by atoms with van der Waals surface area (Å²) in [4.78, 5) is 10.5. The van der Waals surface area contributed by atoms with Crippen LogP contribution >= 0.6 is 27.3 Å². The van der Waals surface area contributed by atoms with Gasteiger partial charge in [0.05, 0.1) is 5.69 Å². The van der Waals surface area contributed by atoms with Gasteiger partial charge in [0.1, 0.15) is 5.01 Å². The van der Waals surface area contributed by atoms with E-state index in [1.807, 2.05) is 6.20 Å². The van der Waals surface area contributed by atoms with Gasteiger partial charge in [-0.3, -0.25) is 4.98 Å². The highest BCUT2D eigenvalue weighted by molar-refractivity contribution is 9.10. The lowest BCUT2D eigenvalue weighted by atomic mass is 10.1. The molecule has 112 valence electrons. The Morgan fingerprint density at radius 3 is 2.71 bits per heavy atom. The quantitative estimate of drug-likeness (QED) is 0.850. The summed E-state index contributed by atoms with van der Waals surface area (Å²) >= 11 is 5.28. The van der Waals surface area contributed by atoms with Gasteiger partial charge in [-0.05, 0) is 55.6 Å². The fraction of sp³-hybridized carbons (Fsp3) is 0.500. The van der Waals surface area contributed by atoms with Gasteiger partial charge in [0.15, 0.2) is 0 Å². The van der Waals surface area contributed by atoms with Crippen LogP contribution in [0.4, 0.5) is 0 Å². The molecular weight excluding hydrogens is 346 g/mol. The zero-order valence-corrected chi connectivity index (χ0v) is 15.0. The number of pyridine rings is 1. The first-order chi connectivity index (χ1) is 9.92. The number of halogens is 1. The highest BCUT2D eigenvalue weighted by Crippen LogP contribution is 2.44. The van der Waals surface area contributed by atoms with Gasteiger partial charge >= 0.3 is 0 Å². The number of nitrogens with zero attached hydrogens (tertiary/aromatic N) is 2. The normalized spacial score (nSPS) is 15.4. The lowest BCUT2D eigenvalue weighted by molar-refractivity contribution is 0.425. The Morgan fingerprint density at radius 1 is 1.33 bits per heavy atom. The van der Waals surface area contributed by atoms with Crippen LogP contribution in [0.2, 0.25) is 0 Å². The molecule has 2 aromatic heterocycles. The highest BCUT2D eigenvalue weighted by atomic mass is 79.9. The van der Waals surface area contributed by atoms with Crippen molar-refractivity contribution in [3.8, 4) is 10.6 Å². The van der Waals surface area contributed by atoms with Crippen molar-refractivity contribution in [3.05, 3.63) is 33.5 Å². The summed E-state index contributed by atoms with van der Waals surface area (Å²) in [6.07, 6.45) is 6.26. The van der Waals surface area contributed by atoms with Crippen LogP contribution in [0.1, 0.15) is 50.1 Å². The topological polar surface area (TPSA) is 37.8 Å². The zero-order chi connectivity index (χ0) is 15.0. The van der Waals surface area contributed by atoms with Gasteiger partial charge in [-0.15, -0.1) is 11.3 Å². The van der Waals surface area contributed by atoms with Crippen LogP contribution in [-0.2, 0) is 6.54 Å². The predicted molar refractivity (Wildman–Crippen MR) is 91.6 cm³/mol. The van der Waals surface area contributed by atoms with Gasteiger partial charge in [-0.25, -0.2) is 4.98 Å². The van der Waals surface area contributed by atoms with E-state index in [-0.39, 0.29) is 5.54 Å². The molecule has 0 saturated heterocycles. The summed E-state index contributed by atoms with van der Waals surface area (Å²) in [6, 6.07) is 2.09. The van der Waals surface area contributed by atoms with Gasteiger partial charge in [0.25, 0.3) is 0 Å². The minimum atomic E-state index is 0.127. The van der Waals surface area contributed by atoms with E-state index < -0.39 is 0 Å². The Labute approximate surface area is 138 Å². The van der Waals surface area contributed by atoms with Crippen LogP contribution in [0.15, 0.2) is 22.9 Å². The lowest BCUT2D eigenvalue weighted by Gasteiger charge is -2.20. The van der Waals surface area contributed by atoms with Crippen molar-refractivity contribution < 1.29 is 0 Å². The largest absolute Gasteiger partial charge is 0.307 e. The molecule has 0 radical (unpaired) electrons. The fourth-order valence-electron chi connectivity index (χ4n) is 2.16. The second kappa shape index (κ2) is 5.78. The maximum atomic E-state index is 4.90. The van der Waals surface area contributed by atoms with Gasteiger partial charge in [0, 0.05) is 45.3 Å². The van der Waals surface area contributed by atoms with E-state index in [4.69, 9.17) is 4.98 Å². The molecule has 1 fully saturated rings. The second-order valence-electron chi connectivity index (χ2n) is 6.60. The van der Waals surface area contributed by atoms with Crippen LogP contribution < -0.4 is 5.32 Å². The Bertz CT molecular complexity index is 641. The standard InChI is InChI=1S/C16H20BrN3S/c1-16(2,3)19-9-13-14(10-4-5-10)20-15(21-13)11-6-12(17)8-18-7-11/h6-8,10,19H,4-5,9H2,1-3H3. The van der Waals surface area contributed by atoms with E-state index in [9.17, 15) is 0 Å². The first-order valence-electron chi connectivity index (χ1n) is 7.28. The van der Waals surface area contributed by atoms with Gasteiger partial charge in [-0.2, -0.15) is 0 Å². The average Bonchev–Trinajstić information content (AvgIpc) is 3.15. The summed E-state index contributed by atoms with van der Waals surface area (Å²) in [5.41, 5.74) is 2.52. The highest BCUT2D eigenvalue weighted by Gasteiger charge is 2.30. The molecule has 0 spiro atoms. The third-order valence-electron chi connectivity index (χ3n) is 3.42. The van der Waals surface area contributed by atoms with Crippen LogP contribution in [0, 0.1) is 0 Å². The Balaban J connectivity index is 1.89. The lowest BCUT2D eigenvalue weighted by Crippen LogP contribution is -2.35.